The molecule has 0 amide bonds. The molecule has 2 aromatic carbocycles. The topological polar surface area (TPSA) is 9.23 Å². The zero-order chi connectivity index (χ0) is 16.4. The van der Waals surface area contributed by atoms with Crippen LogP contribution < -0.4 is 10.4 Å². The predicted octanol–water partition coefficient (Wildman–Crippen LogP) is 4.00. The number of benzene rings is 2. The number of fused-ring (bicyclic) bond motifs is 2. The van der Waals surface area contributed by atoms with Gasteiger partial charge in [-0.1, -0.05) is 72.8 Å². The van der Waals surface area contributed by atoms with Crippen molar-refractivity contribution in [2.24, 2.45) is 17.8 Å². The van der Waals surface area contributed by atoms with Crippen molar-refractivity contribution in [1.29, 1.82) is 0 Å². The van der Waals surface area contributed by atoms with Gasteiger partial charge in [-0.05, 0) is 53.9 Å². The van der Waals surface area contributed by atoms with Gasteiger partial charge in [0.05, 0.1) is 0 Å². The van der Waals surface area contributed by atoms with Crippen LogP contribution in [0, 0.1) is 17.8 Å². The minimum Gasteiger partial charge on any atom is -0.408 e. The molecule has 1 saturated carbocycles. The summed E-state index contributed by atoms with van der Waals surface area (Å²) in [7, 11) is -2.14. The molecule has 0 aliphatic heterocycles. The van der Waals surface area contributed by atoms with Crippen molar-refractivity contribution in [2.75, 3.05) is 6.61 Å². The lowest BCUT2D eigenvalue weighted by molar-refractivity contribution is 0.187. The van der Waals surface area contributed by atoms with E-state index < -0.39 is 8.32 Å². The molecule has 3 atom stereocenters. The summed E-state index contributed by atoms with van der Waals surface area (Å²) in [5, 5.41) is 2.74. The average molecular weight is 335 g/mol. The molecule has 0 saturated heterocycles. The summed E-state index contributed by atoms with van der Waals surface area (Å²) in [5.41, 5.74) is 0. The van der Waals surface area contributed by atoms with E-state index in [1.165, 1.54) is 29.6 Å². The summed E-state index contributed by atoms with van der Waals surface area (Å²) in [6.07, 6.45) is 8.82. The molecule has 0 N–H and O–H groups in total. The van der Waals surface area contributed by atoms with E-state index in [0.29, 0.717) is 5.92 Å². The molecule has 1 fully saturated rings. The van der Waals surface area contributed by atoms with E-state index in [9.17, 15) is 0 Å². The summed E-state index contributed by atoms with van der Waals surface area (Å²) in [6, 6.07) is 21.7. The number of rotatable bonds is 5. The minimum atomic E-state index is -2.14. The SMILES string of the molecule is C[Si](OCC1C2C=CCC1CC2)(c1ccccc1)c1ccccc1. The molecule has 0 aromatic heterocycles. The van der Waals surface area contributed by atoms with Crippen molar-refractivity contribution in [2.45, 2.75) is 25.8 Å². The van der Waals surface area contributed by atoms with E-state index in [1.807, 2.05) is 0 Å². The second-order valence-corrected chi connectivity index (χ2v) is 10.9. The monoisotopic (exact) mass is 334 g/mol. The molecule has 1 nitrogen and oxygen atoms in total. The molecular weight excluding hydrogens is 308 g/mol. The second kappa shape index (κ2) is 6.70. The molecule has 2 aliphatic carbocycles. The molecule has 24 heavy (non-hydrogen) atoms. The van der Waals surface area contributed by atoms with Crippen LogP contribution in [0.25, 0.3) is 0 Å². The number of hydrogen-bond donors (Lipinski definition) is 0. The van der Waals surface area contributed by atoms with Crippen molar-refractivity contribution in [3.63, 3.8) is 0 Å². The Labute approximate surface area is 146 Å². The van der Waals surface area contributed by atoms with Gasteiger partial charge in [0.2, 0.25) is 0 Å². The first-order valence-electron chi connectivity index (χ1n) is 9.19. The van der Waals surface area contributed by atoms with Gasteiger partial charge in [0, 0.05) is 6.61 Å². The fourth-order valence-corrected chi connectivity index (χ4v) is 7.36. The molecule has 0 heterocycles. The Balaban J connectivity index is 1.61. The highest BCUT2D eigenvalue weighted by molar-refractivity contribution is 6.96. The molecular formula is C22H26OSi. The maximum atomic E-state index is 6.83. The summed E-state index contributed by atoms with van der Waals surface area (Å²) >= 11 is 0. The zero-order valence-electron chi connectivity index (χ0n) is 14.4. The van der Waals surface area contributed by atoms with Crippen LogP contribution in [-0.2, 0) is 4.43 Å². The fourth-order valence-electron chi connectivity index (χ4n) is 4.51. The highest BCUT2D eigenvalue weighted by Gasteiger charge is 2.40. The van der Waals surface area contributed by atoms with E-state index in [2.05, 4.69) is 79.4 Å². The third kappa shape index (κ3) is 2.89. The molecule has 2 bridgehead atoms. The first-order valence-corrected chi connectivity index (χ1v) is 11.6. The van der Waals surface area contributed by atoms with Crippen molar-refractivity contribution in [1.82, 2.24) is 0 Å². The van der Waals surface area contributed by atoms with Crippen LogP contribution in [0.1, 0.15) is 19.3 Å². The van der Waals surface area contributed by atoms with E-state index in [4.69, 9.17) is 4.43 Å². The van der Waals surface area contributed by atoms with Gasteiger partial charge in [-0.3, -0.25) is 0 Å². The highest BCUT2D eigenvalue weighted by Crippen LogP contribution is 2.43. The van der Waals surface area contributed by atoms with Gasteiger partial charge in [-0.15, -0.1) is 0 Å². The minimum absolute atomic E-state index is 0.717. The molecule has 3 unspecified atom stereocenters. The van der Waals surface area contributed by atoms with E-state index >= 15 is 0 Å². The van der Waals surface area contributed by atoms with Crippen LogP contribution in [0.3, 0.4) is 0 Å². The normalized spacial score (nSPS) is 25.8. The molecule has 0 radical (unpaired) electrons. The van der Waals surface area contributed by atoms with E-state index in [0.717, 1.165) is 18.4 Å². The Morgan fingerprint density at radius 3 is 2.12 bits per heavy atom. The average Bonchev–Trinajstić information content (AvgIpc) is 2.87. The Bertz CT molecular complexity index is 655. The van der Waals surface area contributed by atoms with Crippen LogP contribution in [0.5, 0.6) is 0 Å². The first-order chi connectivity index (χ1) is 11.8. The lowest BCUT2D eigenvalue weighted by atomic mass is 9.84. The van der Waals surface area contributed by atoms with Gasteiger partial charge in [0.1, 0.15) is 0 Å². The van der Waals surface area contributed by atoms with E-state index in [1.54, 1.807) is 0 Å². The molecule has 2 aromatic rings. The third-order valence-corrected chi connectivity index (χ3v) is 9.68. The Hall–Kier alpha value is -1.64. The number of allylic oxidation sites excluding steroid dienone is 2. The third-order valence-electron chi connectivity index (χ3n) is 6.06. The van der Waals surface area contributed by atoms with Crippen molar-refractivity contribution in [3.05, 3.63) is 72.8 Å². The smallest absolute Gasteiger partial charge is 0.252 e. The Morgan fingerprint density at radius 1 is 0.917 bits per heavy atom. The van der Waals surface area contributed by atoms with Crippen LogP contribution in [-0.4, -0.2) is 14.9 Å². The second-order valence-electron chi connectivity index (χ2n) is 7.41. The largest absolute Gasteiger partial charge is 0.408 e. The molecule has 2 aliphatic rings. The summed E-state index contributed by atoms with van der Waals surface area (Å²) < 4.78 is 6.83. The lowest BCUT2D eigenvalue weighted by Gasteiger charge is -2.33. The van der Waals surface area contributed by atoms with Crippen molar-refractivity contribution in [3.8, 4) is 0 Å². The Morgan fingerprint density at radius 2 is 1.54 bits per heavy atom. The van der Waals surface area contributed by atoms with Crippen LogP contribution in [0.2, 0.25) is 6.55 Å². The molecule has 0 spiro atoms. The molecule has 4 rings (SSSR count). The highest BCUT2D eigenvalue weighted by atomic mass is 28.4. The van der Waals surface area contributed by atoms with Gasteiger partial charge >= 0.3 is 0 Å². The van der Waals surface area contributed by atoms with E-state index in [-0.39, 0.29) is 0 Å². The van der Waals surface area contributed by atoms with Crippen LogP contribution in [0.4, 0.5) is 0 Å². The number of hydrogen-bond acceptors (Lipinski definition) is 1. The van der Waals surface area contributed by atoms with Crippen molar-refractivity contribution < 1.29 is 4.43 Å². The van der Waals surface area contributed by atoms with Gasteiger partial charge in [0.15, 0.2) is 0 Å². The van der Waals surface area contributed by atoms with Gasteiger partial charge < -0.3 is 4.43 Å². The maximum absolute atomic E-state index is 6.83. The quantitative estimate of drug-likeness (QED) is 0.593. The fraction of sp³-hybridized carbons (Fsp3) is 0.364. The van der Waals surface area contributed by atoms with Crippen LogP contribution in [0.15, 0.2) is 72.8 Å². The lowest BCUT2D eigenvalue weighted by Crippen LogP contribution is -2.59. The standard InChI is InChI=1S/C22H26OSi/c1-24(20-11-4-2-5-12-20,21-13-6-3-7-14-21)23-17-22-18-9-8-10-19(22)16-15-18/h2-9,11-14,18-19,22H,10,15-17H2,1H3. The maximum Gasteiger partial charge on any atom is 0.252 e. The molecule has 2 heteroatoms. The predicted molar refractivity (Wildman–Crippen MR) is 103 cm³/mol. The molecule has 124 valence electrons. The van der Waals surface area contributed by atoms with Crippen LogP contribution >= 0.6 is 0 Å². The summed E-state index contributed by atoms with van der Waals surface area (Å²) in [6.45, 7) is 3.27. The Kier molecular flexibility index (Phi) is 4.42. The summed E-state index contributed by atoms with van der Waals surface area (Å²) in [5.74, 6) is 2.30. The van der Waals surface area contributed by atoms with Crippen molar-refractivity contribution >= 4 is 18.7 Å². The van der Waals surface area contributed by atoms with Gasteiger partial charge in [-0.25, -0.2) is 0 Å². The van der Waals surface area contributed by atoms with Gasteiger partial charge in [-0.2, -0.15) is 0 Å². The van der Waals surface area contributed by atoms with Gasteiger partial charge in [0.25, 0.3) is 8.32 Å². The zero-order valence-corrected chi connectivity index (χ0v) is 15.4. The summed E-state index contributed by atoms with van der Waals surface area (Å²) in [4.78, 5) is 0. The first kappa shape index (κ1) is 15.9.